The van der Waals surface area contributed by atoms with E-state index in [1.807, 2.05) is 0 Å². The van der Waals surface area contributed by atoms with Crippen molar-refractivity contribution in [3.05, 3.63) is 23.8 Å². The lowest BCUT2D eigenvalue weighted by Gasteiger charge is -2.33. The van der Waals surface area contributed by atoms with Gasteiger partial charge in [0.2, 0.25) is 0 Å². The van der Waals surface area contributed by atoms with Gasteiger partial charge in [-0.05, 0) is 17.7 Å². The molecule has 0 fully saturated rings. The number of benzene rings is 1. The molecule has 0 aliphatic heterocycles. The van der Waals surface area contributed by atoms with E-state index >= 15 is 0 Å². The average Bonchev–Trinajstić information content (AvgIpc) is 2.94. The third kappa shape index (κ3) is 7.65. The van der Waals surface area contributed by atoms with Crippen molar-refractivity contribution in [1.29, 1.82) is 0 Å². The third-order valence-corrected chi connectivity index (χ3v) is 5.83. The van der Waals surface area contributed by atoms with Gasteiger partial charge in [-0.3, -0.25) is 4.79 Å². The van der Waals surface area contributed by atoms with Crippen molar-refractivity contribution >= 4 is 17.8 Å². The van der Waals surface area contributed by atoms with Gasteiger partial charge in [0.1, 0.15) is 6.10 Å². The Hall–Kier alpha value is -4.04. The maximum atomic E-state index is 13.9. The van der Waals surface area contributed by atoms with Crippen molar-refractivity contribution in [1.82, 2.24) is 4.90 Å². The topological polar surface area (TPSA) is 82.1 Å². The van der Waals surface area contributed by atoms with E-state index in [2.05, 4.69) is 14.2 Å². The minimum Gasteiger partial charge on any atom is -0.493 e. The first kappa shape index (κ1) is 44.0. The molecule has 1 amide bonds. The van der Waals surface area contributed by atoms with E-state index in [0.717, 1.165) is 0 Å². The van der Waals surface area contributed by atoms with Crippen LogP contribution >= 0.6 is 0 Å². The van der Waals surface area contributed by atoms with Crippen LogP contribution in [0.25, 0.3) is 0 Å². The molecule has 0 saturated carbocycles. The van der Waals surface area contributed by atoms with E-state index in [1.165, 1.54) is 0 Å². The Morgan fingerprint density at radius 3 is 1.36 bits per heavy atom. The number of likely N-dealkylation sites (N-methyl/N-ethyl adjacent to an activating group) is 1. The van der Waals surface area contributed by atoms with Gasteiger partial charge in [0.05, 0.1) is 13.7 Å². The van der Waals surface area contributed by atoms with E-state index in [1.54, 1.807) is 0 Å². The maximum absolute atomic E-state index is 13.9. The molecule has 7 nitrogen and oxygen atoms in total. The normalized spacial score (nSPS) is 14.9. The lowest BCUT2D eigenvalue weighted by atomic mass is 10.1. The molecule has 0 aliphatic rings. The number of hydrogen-bond donors (Lipinski definition) is 0. The number of rotatable bonds is 12. The molecule has 0 radical (unpaired) electrons. The van der Waals surface area contributed by atoms with Gasteiger partial charge in [0, 0.05) is 7.05 Å². The fourth-order valence-electron chi connectivity index (χ4n) is 3.04. The second-order valence-electron chi connectivity index (χ2n) is 9.32. The van der Waals surface area contributed by atoms with Crippen molar-refractivity contribution in [3.8, 4) is 11.5 Å². The molecule has 28 heteroatoms. The summed E-state index contributed by atoms with van der Waals surface area (Å²) in [6.45, 7) is -2.26. The molecule has 1 aromatic rings. The van der Waals surface area contributed by atoms with Gasteiger partial charge in [0.25, 0.3) is 5.91 Å². The highest BCUT2D eigenvalue weighted by Gasteiger charge is 2.79. The molecule has 1 aromatic carbocycles. The fraction of sp³-hybridized carbons (Fsp3) is 0.591. The zero-order valence-corrected chi connectivity index (χ0v) is 23.4. The zero-order valence-electron chi connectivity index (χ0n) is 23.4. The van der Waals surface area contributed by atoms with Crippen molar-refractivity contribution < 1.29 is 121 Å². The summed E-state index contributed by atoms with van der Waals surface area (Å²) in [4.78, 5) is 34.2. The number of methoxy groups -OCH3 is 1. The van der Waals surface area contributed by atoms with Crippen molar-refractivity contribution in [2.75, 3.05) is 20.7 Å². The van der Waals surface area contributed by atoms with Gasteiger partial charge in [-0.2, -0.15) is 92.2 Å². The van der Waals surface area contributed by atoms with E-state index in [4.69, 9.17) is 0 Å². The maximum Gasteiger partial charge on any atom is 0.460 e. The van der Waals surface area contributed by atoms with Crippen LogP contribution in [-0.4, -0.2) is 97.5 Å². The number of esters is 2. The Kier molecular flexibility index (Phi) is 11.7. The summed E-state index contributed by atoms with van der Waals surface area (Å²) in [6, 6.07) is -0.225. The SMILES string of the molecule is COc1cc(C(CN(C)C(=O)C(F)(F)C(F)(F)C(F)(F)F)OC(=O)C(F)(F)C(F)(F)C(F)(F)F)ccc1OC(=O)C(F)(F)C(F)(F)C(F)(F)F. The first-order chi connectivity index (χ1) is 21.9. The summed E-state index contributed by atoms with van der Waals surface area (Å²) in [6.07, 6.45) is -24.8. The van der Waals surface area contributed by atoms with Crippen LogP contribution in [0.4, 0.5) is 92.2 Å². The number of halogens is 21. The number of amides is 1. The number of hydrogen-bond acceptors (Lipinski definition) is 6. The number of nitrogens with zero attached hydrogens (tertiary/aromatic N) is 1. The van der Waals surface area contributed by atoms with Crippen molar-refractivity contribution in [2.24, 2.45) is 0 Å². The molecule has 0 bridgehead atoms. The highest BCUT2D eigenvalue weighted by molar-refractivity contribution is 5.85. The summed E-state index contributed by atoms with van der Waals surface area (Å²) in [5.41, 5.74) is -1.40. The molecule has 1 rings (SSSR count). The number of carbonyl (C=O) groups excluding carboxylic acids is 3. The summed E-state index contributed by atoms with van der Waals surface area (Å²) in [5, 5.41) is 0. The van der Waals surface area contributed by atoms with Crippen LogP contribution in [0.15, 0.2) is 18.2 Å². The van der Waals surface area contributed by atoms with Gasteiger partial charge in [-0.1, -0.05) is 6.07 Å². The Balaban J connectivity index is 3.76. The quantitative estimate of drug-likeness (QED) is 0.127. The molecular formula is C22H12F21NO6. The highest BCUT2D eigenvalue weighted by atomic mass is 19.4. The van der Waals surface area contributed by atoms with Crippen LogP contribution in [0.2, 0.25) is 0 Å². The summed E-state index contributed by atoms with van der Waals surface area (Å²) in [5.74, 6) is -56.7. The standard InChI is InChI=1S/C22H12F21NO6/c1-44(11(45)14(23,24)17(29,30)20(35,36)37)6-10(50-13(47)16(27,28)19(33,34)22(41,42)43)7-3-4-8(9(5-7)48-2)49-12(46)15(25,26)18(31,32)21(38,39)40/h3-5,10H,6H2,1-2H3. The van der Waals surface area contributed by atoms with Gasteiger partial charge >= 0.3 is 66.0 Å². The monoisotopic (exact) mass is 785 g/mol. The number of ether oxygens (including phenoxy) is 3. The average molecular weight is 785 g/mol. The van der Waals surface area contributed by atoms with Gasteiger partial charge in [-0.25, -0.2) is 9.59 Å². The molecule has 1 atom stereocenters. The number of carbonyl (C=O) groups is 3. The zero-order chi connectivity index (χ0) is 40.1. The van der Waals surface area contributed by atoms with E-state index < -0.39 is 107 Å². The van der Waals surface area contributed by atoms with Gasteiger partial charge < -0.3 is 19.1 Å². The van der Waals surface area contributed by atoms with Crippen LogP contribution in [-0.2, 0) is 19.1 Å². The van der Waals surface area contributed by atoms with E-state index in [9.17, 15) is 107 Å². The van der Waals surface area contributed by atoms with Gasteiger partial charge in [0.15, 0.2) is 11.5 Å². The third-order valence-electron chi connectivity index (χ3n) is 5.83. The highest BCUT2D eigenvalue weighted by Crippen LogP contribution is 2.50. The predicted octanol–water partition coefficient (Wildman–Crippen LogP) is 7.14. The minimum atomic E-state index is -7.33. The summed E-state index contributed by atoms with van der Waals surface area (Å²) in [7, 11) is 0.190. The first-order valence-corrected chi connectivity index (χ1v) is 11.7. The van der Waals surface area contributed by atoms with Crippen LogP contribution in [0, 0.1) is 0 Å². The smallest absolute Gasteiger partial charge is 0.460 e. The fourth-order valence-corrected chi connectivity index (χ4v) is 3.04. The molecule has 0 saturated heterocycles. The summed E-state index contributed by atoms with van der Waals surface area (Å²) >= 11 is 0. The van der Waals surface area contributed by atoms with Crippen LogP contribution in [0.5, 0.6) is 11.5 Å². The number of alkyl halides is 21. The van der Waals surface area contributed by atoms with Crippen LogP contribution in [0.3, 0.4) is 0 Å². The summed E-state index contributed by atoms with van der Waals surface area (Å²) < 4.78 is 287. The molecule has 288 valence electrons. The molecule has 50 heavy (non-hydrogen) atoms. The largest absolute Gasteiger partial charge is 0.493 e. The van der Waals surface area contributed by atoms with Crippen LogP contribution in [0.1, 0.15) is 11.7 Å². The Morgan fingerprint density at radius 2 is 0.980 bits per heavy atom. The molecule has 0 aromatic heterocycles. The molecule has 0 aliphatic carbocycles. The van der Waals surface area contributed by atoms with E-state index in [-0.39, 0.29) is 25.2 Å². The minimum absolute atomic E-state index is 0.0378. The van der Waals surface area contributed by atoms with Crippen LogP contribution < -0.4 is 9.47 Å². The molecule has 0 spiro atoms. The van der Waals surface area contributed by atoms with E-state index in [0.29, 0.717) is 7.11 Å². The Bertz CT molecular complexity index is 1430. The first-order valence-electron chi connectivity index (χ1n) is 11.7. The lowest BCUT2D eigenvalue weighted by Crippen LogP contribution is -2.60. The molecule has 0 heterocycles. The van der Waals surface area contributed by atoms with Crippen molar-refractivity contribution in [3.63, 3.8) is 0 Å². The van der Waals surface area contributed by atoms with Crippen molar-refractivity contribution in [2.45, 2.75) is 60.2 Å². The molecular weight excluding hydrogens is 773 g/mol. The second-order valence-corrected chi connectivity index (χ2v) is 9.32. The predicted molar refractivity (Wildman–Crippen MR) is 113 cm³/mol. The Morgan fingerprint density at radius 1 is 0.600 bits per heavy atom. The molecule has 1 unspecified atom stereocenters. The Labute approximate surface area is 260 Å². The second kappa shape index (κ2) is 13.3. The van der Waals surface area contributed by atoms with Gasteiger partial charge in [-0.15, -0.1) is 0 Å². The lowest BCUT2D eigenvalue weighted by molar-refractivity contribution is -0.349. The molecule has 0 N–H and O–H groups in total.